The first-order valence-corrected chi connectivity index (χ1v) is 5.04. The Labute approximate surface area is 77.0 Å². The number of hydrogen-bond acceptors (Lipinski definition) is 3. The summed E-state index contributed by atoms with van der Waals surface area (Å²) in [6.45, 7) is 2.16. The molecule has 1 aliphatic rings. The normalized spacial score (nSPS) is 23.0. The van der Waals surface area contributed by atoms with Crippen molar-refractivity contribution in [2.75, 3.05) is 5.75 Å². The minimum Gasteiger partial charge on any atom is -0.367 e. The molecule has 1 aliphatic carbocycles. The average molecular weight is 186 g/mol. The third-order valence-electron chi connectivity index (χ3n) is 1.68. The molecular formula is C9H14O2S. The highest BCUT2D eigenvalue weighted by molar-refractivity contribution is 8.03. The standard InChI is InChI=1S/C9H14O2S/c1-7-2-4-8(5-3-7)12-6-9(10)11/h2,4-5,7,9-11H,3,6H2,1H3/t7-/m0/s1. The van der Waals surface area contributed by atoms with Gasteiger partial charge in [0.1, 0.15) is 0 Å². The second kappa shape index (κ2) is 4.70. The van der Waals surface area contributed by atoms with Gasteiger partial charge in [-0.15, -0.1) is 11.8 Å². The molecule has 68 valence electrons. The molecule has 0 bridgehead atoms. The molecule has 0 heterocycles. The van der Waals surface area contributed by atoms with Crippen molar-refractivity contribution in [1.82, 2.24) is 0 Å². The summed E-state index contributed by atoms with van der Waals surface area (Å²) in [6, 6.07) is 0. The molecular weight excluding hydrogens is 172 g/mol. The van der Waals surface area contributed by atoms with Gasteiger partial charge in [0.15, 0.2) is 6.29 Å². The van der Waals surface area contributed by atoms with E-state index in [1.807, 2.05) is 6.08 Å². The fourth-order valence-electron chi connectivity index (χ4n) is 0.986. The highest BCUT2D eigenvalue weighted by Crippen LogP contribution is 2.24. The predicted octanol–water partition coefficient (Wildman–Crippen LogP) is 1.51. The van der Waals surface area contributed by atoms with E-state index in [-0.39, 0.29) is 0 Å². The summed E-state index contributed by atoms with van der Waals surface area (Å²) in [5.41, 5.74) is 0. The first-order valence-electron chi connectivity index (χ1n) is 4.06. The Kier molecular flexibility index (Phi) is 3.85. The molecule has 0 aliphatic heterocycles. The lowest BCUT2D eigenvalue weighted by molar-refractivity contribution is -0.0185. The van der Waals surface area contributed by atoms with Gasteiger partial charge >= 0.3 is 0 Å². The monoisotopic (exact) mass is 186 g/mol. The maximum Gasteiger partial charge on any atom is 0.160 e. The van der Waals surface area contributed by atoms with Crippen molar-refractivity contribution in [1.29, 1.82) is 0 Å². The second-order valence-corrected chi connectivity index (χ2v) is 4.06. The number of thioether (sulfide) groups is 1. The van der Waals surface area contributed by atoms with Crippen molar-refractivity contribution in [3.8, 4) is 0 Å². The Morgan fingerprint density at radius 2 is 2.42 bits per heavy atom. The molecule has 1 atom stereocenters. The molecule has 0 aromatic rings. The maximum absolute atomic E-state index is 8.62. The van der Waals surface area contributed by atoms with E-state index in [0.29, 0.717) is 11.7 Å². The van der Waals surface area contributed by atoms with Crippen LogP contribution in [0.3, 0.4) is 0 Å². The van der Waals surface area contributed by atoms with Gasteiger partial charge in [-0.3, -0.25) is 0 Å². The molecule has 0 spiro atoms. The molecule has 0 fully saturated rings. The van der Waals surface area contributed by atoms with Crippen LogP contribution in [0.2, 0.25) is 0 Å². The highest BCUT2D eigenvalue weighted by atomic mass is 32.2. The molecule has 2 N–H and O–H groups in total. The van der Waals surface area contributed by atoms with E-state index in [4.69, 9.17) is 10.2 Å². The zero-order valence-corrected chi connectivity index (χ0v) is 7.92. The van der Waals surface area contributed by atoms with Crippen LogP contribution in [-0.4, -0.2) is 22.3 Å². The summed E-state index contributed by atoms with van der Waals surface area (Å²) >= 11 is 1.48. The van der Waals surface area contributed by atoms with Crippen LogP contribution in [0.4, 0.5) is 0 Å². The summed E-state index contributed by atoms with van der Waals surface area (Å²) < 4.78 is 0. The molecule has 0 saturated heterocycles. The smallest absolute Gasteiger partial charge is 0.160 e. The molecule has 2 nitrogen and oxygen atoms in total. The first-order chi connectivity index (χ1) is 5.68. The van der Waals surface area contributed by atoms with Gasteiger partial charge in [0, 0.05) is 10.7 Å². The predicted molar refractivity (Wildman–Crippen MR) is 51.7 cm³/mol. The average Bonchev–Trinajstić information content (AvgIpc) is 2.03. The molecule has 0 unspecified atom stereocenters. The van der Waals surface area contributed by atoms with E-state index in [0.717, 1.165) is 11.3 Å². The molecule has 12 heavy (non-hydrogen) atoms. The van der Waals surface area contributed by atoms with Crippen LogP contribution in [0, 0.1) is 5.92 Å². The van der Waals surface area contributed by atoms with E-state index >= 15 is 0 Å². The van der Waals surface area contributed by atoms with E-state index in [9.17, 15) is 0 Å². The summed E-state index contributed by atoms with van der Waals surface area (Å²) in [5.74, 6) is 0.971. The number of rotatable bonds is 3. The molecule has 0 aromatic carbocycles. The fourth-order valence-corrected chi connectivity index (χ4v) is 1.72. The zero-order chi connectivity index (χ0) is 8.97. The Morgan fingerprint density at radius 3 is 2.92 bits per heavy atom. The number of aliphatic hydroxyl groups excluding tert-OH is 1. The number of hydrogen-bond donors (Lipinski definition) is 2. The summed E-state index contributed by atoms with van der Waals surface area (Å²) in [7, 11) is 0. The van der Waals surface area contributed by atoms with E-state index in [2.05, 4.69) is 19.1 Å². The summed E-state index contributed by atoms with van der Waals surface area (Å²) in [5, 5.41) is 17.2. The molecule has 0 amide bonds. The van der Waals surface area contributed by atoms with Crippen molar-refractivity contribution in [2.45, 2.75) is 19.6 Å². The van der Waals surface area contributed by atoms with E-state index in [1.54, 1.807) is 0 Å². The maximum atomic E-state index is 8.62. The van der Waals surface area contributed by atoms with Crippen molar-refractivity contribution in [3.05, 3.63) is 23.1 Å². The van der Waals surface area contributed by atoms with Crippen LogP contribution in [-0.2, 0) is 0 Å². The largest absolute Gasteiger partial charge is 0.367 e. The molecule has 0 saturated carbocycles. The molecule has 1 rings (SSSR count). The van der Waals surface area contributed by atoms with Gasteiger partial charge in [-0.05, 0) is 12.3 Å². The van der Waals surface area contributed by atoms with Crippen LogP contribution in [0.5, 0.6) is 0 Å². The van der Waals surface area contributed by atoms with Crippen LogP contribution < -0.4 is 0 Å². The topological polar surface area (TPSA) is 40.5 Å². The van der Waals surface area contributed by atoms with Gasteiger partial charge in [-0.25, -0.2) is 0 Å². The fraction of sp³-hybridized carbons (Fsp3) is 0.556. The van der Waals surface area contributed by atoms with Crippen molar-refractivity contribution in [2.24, 2.45) is 5.92 Å². The van der Waals surface area contributed by atoms with Gasteiger partial charge in [-0.1, -0.05) is 25.2 Å². The van der Waals surface area contributed by atoms with Crippen LogP contribution >= 0.6 is 11.8 Å². The molecule has 0 aromatic heterocycles. The van der Waals surface area contributed by atoms with Gasteiger partial charge in [-0.2, -0.15) is 0 Å². The lowest BCUT2D eigenvalue weighted by Gasteiger charge is -2.11. The van der Waals surface area contributed by atoms with Gasteiger partial charge < -0.3 is 10.2 Å². The zero-order valence-electron chi connectivity index (χ0n) is 7.10. The third-order valence-corrected chi connectivity index (χ3v) is 2.78. The third kappa shape index (κ3) is 3.43. The van der Waals surface area contributed by atoms with Crippen LogP contribution in [0.15, 0.2) is 23.1 Å². The molecule has 0 radical (unpaired) electrons. The minimum absolute atomic E-state index is 0.352. The summed E-state index contributed by atoms with van der Waals surface area (Å²) in [4.78, 5) is 1.14. The van der Waals surface area contributed by atoms with Crippen molar-refractivity contribution in [3.63, 3.8) is 0 Å². The Hall–Kier alpha value is -0.250. The summed E-state index contributed by atoms with van der Waals surface area (Å²) in [6.07, 6.45) is 6.18. The second-order valence-electron chi connectivity index (χ2n) is 2.97. The Balaban J connectivity index is 2.30. The van der Waals surface area contributed by atoms with Crippen molar-refractivity contribution < 1.29 is 10.2 Å². The minimum atomic E-state index is -1.20. The van der Waals surface area contributed by atoms with Crippen LogP contribution in [0.1, 0.15) is 13.3 Å². The first kappa shape index (κ1) is 9.84. The van der Waals surface area contributed by atoms with Crippen molar-refractivity contribution >= 4 is 11.8 Å². The van der Waals surface area contributed by atoms with Gasteiger partial charge in [0.2, 0.25) is 0 Å². The quantitative estimate of drug-likeness (QED) is 0.656. The molecule has 3 heteroatoms. The Bertz CT molecular complexity index is 197. The van der Waals surface area contributed by atoms with E-state index in [1.165, 1.54) is 11.8 Å². The highest BCUT2D eigenvalue weighted by Gasteiger charge is 2.05. The number of aliphatic hydroxyl groups is 2. The van der Waals surface area contributed by atoms with Gasteiger partial charge in [0.25, 0.3) is 0 Å². The van der Waals surface area contributed by atoms with Gasteiger partial charge in [0.05, 0.1) is 0 Å². The SMILES string of the molecule is C[C@H]1C=CC(SCC(O)O)=CC1. The lowest BCUT2D eigenvalue weighted by Crippen LogP contribution is -2.07. The van der Waals surface area contributed by atoms with E-state index < -0.39 is 6.29 Å². The lowest BCUT2D eigenvalue weighted by atomic mass is 10.0. The number of allylic oxidation sites excluding steroid dienone is 3. The van der Waals surface area contributed by atoms with Crippen LogP contribution in [0.25, 0.3) is 0 Å². The Morgan fingerprint density at radius 1 is 1.67 bits per heavy atom.